The fourth-order valence-electron chi connectivity index (χ4n) is 3.08. The molecule has 0 aromatic carbocycles. The highest BCUT2D eigenvalue weighted by Crippen LogP contribution is 2.07. The molecule has 1 N–H and O–H groups in total. The second-order valence-electron chi connectivity index (χ2n) is 6.89. The molecule has 2 aromatic rings. The Balaban J connectivity index is 0.000000211. The van der Waals surface area contributed by atoms with Crippen LogP contribution in [-0.4, -0.2) is 42.2 Å². The quantitative estimate of drug-likeness (QED) is 0.877. The van der Waals surface area contributed by atoms with Crippen molar-refractivity contribution in [3.8, 4) is 5.88 Å². The summed E-state index contributed by atoms with van der Waals surface area (Å²) in [6, 6.07) is 7.82. The summed E-state index contributed by atoms with van der Waals surface area (Å²) in [5.41, 5.74) is 1.66. The fraction of sp³-hybridized carbons (Fsp3) is 0.409. The van der Waals surface area contributed by atoms with Crippen LogP contribution < -0.4 is 20.6 Å². The molecule has 1 amide bonds. The van der Waals surface area contributed by atoms with Gasteiger partial charge in [-0.25, -0.2) is 9.97 Å². The van der Waals surface area contributed by atoms with Crippen LogP contribution in [0.3, 0.4) is 0 Å². The van der Waals surface area contributed by atoms with Gasteiger partial charge >= 0.3 is 0 Å². The van der Waals surface area contributed by atoms with Crippen molar-refractivity contribution in [3.63, 3.8) is 0 Å². The predicted molar refractivity (Wildman–Crippen MR) is 108 cm³/mol. The summed E-state index contributed by atoms with van der Waals surface area (Å²) in [5, 5.41) is 5.11. The molecule has 0 atom stereocenters. The van der Waals surface area contributed by atoms with E-state index in [2.05, 4.69) is 27.4 Å². The molecular weight excluding hydrogens is 354 g/mol. The number of hydrogen-bond acceptors (Lipinski definition) is 5. The van der Waals surface area contributed by atoms with Gasteiger partial charge in [0, 0.05) is 31.5 Å². The molecule has 148 valence electrons. The highest BCUT2D eigenvalue weighted by molar-refractivity contribution is 5.92. The molecule has 0 spiro atoms. The first kappa shape index (κ1) is 20.0. The number of amides is 1. The van der Waals surface area contributed by atoms with Crippen LogP contribution in [-0.2, 0) is 4.74 Å². The maximum absolute atomic E-state index is 12.2. The largest absolute Gasteiger partial charge is 0.481 e. The van der Waals surface area contributed by atoms with Gasteiger partial charge in [0.1, 0.15) is 5.69 Å². The van der Waals surface area contributed by atoms with E-state index in [9.17, 15) is 4.79 Å². The molecule has 2 aromatic heterocycles. The summed E-state index contributed by atoms with van der Waals surface area (Å²) in [4.78, 5) is 20.6. The van der Waals surface area contributed by atoms with Crippen LogP contribution in [0.25, 0.3) is 12.2 Å². The van der Waals surface area contributed by atoms with Gasteiger partial charge in [-0.05, 0) is 49.5 Å². The fourth-order valence-corrected chi connectivity index (χ4v) is 3.08. The van der Waals surface area contributed by atoms with Crippen molar-refractivity contribution in [2.24, 2.45) is 0 Å². The summed E-state index contributed by atoms with van der Waals surface area (Å²) in [7, 11) is 1.61. The molecule has 2 aliphatic rings. The second-order valence-corrected chi connectivity index (χ2v) is 6.89. The molecule has 3 heterocycles. The van der Waals surface area contributed by atoms with E-state index in [1.165, 1.54) is 0 Å². The third kappa shape index (κ3) is 5.63. The van der Waals surface area contributed by atoms with Crippen molar-refractivity contribution in [1.82, 2.24) is 15.3 Å². The van der Waals surface area contributed by atoms with E-state index in [1.807, 2.05) is 31.2 Å². The number of methoxy groups -OCH3 is 1. The Morgan fingerprint density at radius 2 is 1.93 bits per heavy atom. The lowest BCUT2D eigenvalue weighted by molar-refractivity contribution is 0.0694. The van der Waals surface area contributed by atoms with Gasteiger partial charge in [-0.1, -0.05) is 24.3 Å². The predicted octanol–water partition coefficient (Wildman–Crippen LogP) is 1.74. The summed E-state index contributed by atoms with van der Waals surface area (Å²) in [6.45, 7) is 3.45. The first-order chi connectivity index (χ1) is 13.7. The van der Waals surface area contributed by atoms with Crippen molar-refractivity contribution in [2.75, 3.05) is 20.3 Å². The van der Waals surface area contributed by atoms with Gasteiger partial charge in [0.05, 0.1) is 12.5 Å². The van der Waals surface area contributed by atoms with Crippen LogP contribution in [0, 0.1) is 6.92 Å². The van der Waals surface area contributed by atoms with E-state index in [-0.39, 0.29) is 11.9 Å². The molecule has 6 heteroatoms. The molecule has 28 heavy (non-hydrogen) atoms. The van der Waals surface area contributed by atoms with E-state index >= 15 is 0 Å². The Hall–Kier alpha value is -2.73. The molecular formula is C22H27N3O3. The van der Waals surface area contributed by atoms with Gasteiger partial charge in [0.25, 0.3) is 5.91 Å². The van der Waals surface area contributed by atoms with Gasteiger partial charge in [-0.3, -0.25) is 4.79 Å². The van der Waals surface area contributed by atoms with Crippen LogP contribution in [0.2, 0.25) is 0 Å². The Bertz CT molecular complexity index is 904. The van der Waals surface area contributed by atoms with Crippen molar-refractivity contribution in [3.05, 3.63) is 52.3 Å². The SMILES string of the molecule is COc1ccc(C)cn1.O=C(NC1CCOCC1)c1ccc2c(n1)=CCCC=2. The lowest BCUT2D eigenvalue weighted by Crippen LogP contribution is -2.41. The van der Waals surface area contributed by atoms with E-state index in [0.717, 1.165) is 55.0 Å². The molecule has 1 fully saturated rings. The minimum Gasteiger partial charge on any atom is -0.481 e. The van der Waals surface area contributed by atoms with E-state index in [4.69, 9.17) is 9.47 Å². The first-order valence-corrected chi connectivity index (χ1v) is 9.68. The van der Waals surface area contributed by atoms with Gasteiger partial charge < -0.3 is 14.8 Å². The minimum atomic E-state index is -0.0753. The maximum atomic E-state index is 12.2. The number of pyridine rings is 2. The van der Waals surface area contributed by atoms with Gasteiger partial charge in [0.2, 0.25) is 5.88 Å². The Morgan fingerprint density at radius 1 is 1.14 bits per heavy atom. The average Bonchev–Trinajstić information content (AvgIpc) is 2.75. The molecule has 0 radical (unpaired) electrons. The zero-order valence-corrected chi connectivity index (χ0v) is 16.5. The number of rotatable bonds is 3. The standard InChI is InChI=1S/C15H18N2O2.C7H9NO/c18-15(16-12-7-9-19-10-8-12)14-6-5-11-3-1-2-4-13(11)17-14;1-6-3-4-7(9-2)8-5-6/h3-6,12H,1-2,7-10H2,(H,16,18);3-5H,1-2H3. The van der Waals surface area contributed by atoms with Crippen molar-refractivity contribution in [1.29, 1.82) is 0 Å². The first-order valence-electron chi connectivity index (χ1n) is 9.68. The molecule has 1 aliphatic heterocycles. The normalized spacial score (nSPS) is 15.8. The van der Waals surface area contributed by atoms with Crippen LogP contribution >= 0.6 is 0 Å². The van der Waals surface area contributed by atoms with Crippen LogP contribution in [0.4, 0.5) is 0 Å². The number of hydrogen-bond donors (Lipinski definition) is 1. The van der Waals surface area contributed by atoms with Crippen molar-refractivity contribution < 1.29 is 14.3 Å². The molecule has 1 aliphatic carbocycles. The molecule has 0 bridgehead atoms. The number of carbonyl (C=O) groups excluding carboxylic acids is 1. The van der Waals surface area contributed by atoms with E-state index in [1.54, 1.807) is 13.3 Å². The Labute approximate surface area is 165 Å². The average molecular weight is 381 g/mol. The van der Waals surface area contributed by atoms with Crippen molar-refractivity contribution >= 4 is 18.1 Å². The van der Waals surface area contributed by atoms with Gasteiger partial charge in [-0.2, -0.15) is 0 Å². The van der Waals surface area contributed by atoms with Crippen molar-refractivity contribution in [2.45, 2.75) is 38.6 Å². The minimum absolute atomic E-state index is 0.0753. The van der Waals surface area contributed by atoms with Crippen LogP contribution in [0.15, 0.2) is 30.5 Å². The Kier molecular flexibility index (Phi) is 7.14. The maximum Gasteiger partial charge on any atom is 0.270 e. The highest BCUT2D eigenvalue weighted by Gasteiger charge is 2.17. The number of ether oxygens (including phenoxy) is 2. The summed E-state index contributed by atoms with van der Waals surface area (Å²) in [6.07, 6.45) is 9.88. The number of nitrogens with one attached hydrogen (secondary N) is 1. The summed E-state index contributed by atoms with van der Waals surface area (Å²) in [5.74, 6) is 0.592. The van der Waals surface area contributed by atoms with E-state index in [0.29, 0.717) is 11.6 Å². The number of nitrogens with zero attached hydrogens (tertiary/aromatic N) is 2. The lowest BCUT2D eigenvalue weighted by Gasteiger charge is -2.22. The number of aromatic nitrogens is 2. The third-order valence-corrected chi connectivity index (χ3v) is 4.71. The van der Waals surface area contributed by atoms with Crippen LogP contribution in [0.5, 0.6) is 5.88 Å². The molecule has 6 nitrogen and oxygen atoms in total. The zero-order chi connectivity index (χ0) is 19.8. The van der Waals surface area contributed by atoms with E-state index < -0.39 is 0 Å². The Morgan fingerprint density at radius 3 is 2.64 bits per heavy atom. The van der Waals surface area contributed by atoms with Crippen LogP contribution in [0.1, 0.15) is 41.7 Å². The number of carbonyl (C=O) groups is 1. The molecule has 0 saturated carbocycles. The monoisotopic (exact) mass is 381 g/mol. The number of aryl methyl sites for hydroxylation is 1. The highest BCUT2D eigenvalue weighted by atomic mass is 16.5. The van der Waals surface area contributed by atoms with Gasteiger partial charge in [-0.15, -0.1) is 0 Å². The molecule has 4 rings (SSSR count). The molecule has 1 saturated heterocycles. The summed E-state index contributed by atoms with van der Waals surface area (Å²) < 4.78 is 10.1. The zero-order valence-electron chi connectivity index (χ0n) is 16.5. The third-order valence-electron chi connectivity index (χ3n) is 4.71. The smallest absolute Gasteiger partial charge is 0.270 e. The van der Waals surface area contributed by atoms with Gasteiger partial charge in [0.15, 0.2) is 0 Å². The number of fused-ring (bicyclic) bond motifs is 1. The second kappa shape index (κ2) is 9.99. The molecule has 0 unspecified atom stereocenters. The lowest BCUT2D eigenvalue weighted by atomic mass is 10.1. The topological polar surface area (TPSA) is 73.3 Å². The summed E-state index contributed by atoms with van der Waals surface area (Å²) >= 11 is 0.